The second-order valence-corrected chi connectivity index (χ2v) is 7.78. The predicted molar refractivity (Wildman–Crippen MR) is 113 cm³/mol. The summed E-state index contributed by atoms with van der Waals surface area (Å²) in [6.45, 7) is 2.99. The largest absolute Gasteiger partial charge is 0.450 e. The van der Waals surface area contributed by atoms with Crippen LogP contribution < -0.4 is 5.43 Å². The number of fused-ring (bicyclic) bond motifs is 2. The van der Waals surface area contributed by atoms with Gasteiger partial charge in [-0.25, -0.2) is 9.37 Å². The minimum atomic E-state index is -0.618. The van der Waals surface area contributed by atoms with Crippen molar-refractivity contribution in [2.45, 2.75) is 25.9 Å². The summed E-state index contributed by atoms with van der Waals surface area (Å²) in [5.74, 6) is -0.631. The number of aryl methyl sites for hydroxylation is 2. The summed E-state index contributed by atoms with van der Waals surface area (Å²) in [5.41, 5.74) is 2.09. The Labute approximate surface area is 177 Å². The van der Waals surface area contributed by atoms with Crippen molar-refractivity contribution >= 4 is 16.9 Å². The number of halogens is 1. The molecule has 2 aromatic heterocycles. The molecule has 156 valence electrons. The molecule has 0 bridgehead atoms. The number of hydrogen-bond acceptors (Lipinski definition) is 4. The lowest BCUT2D eigenvalue weighted by atomic mass is 9.98. The second-order valence-electron chi connectivity index (χ2n) is 7.78. The number of amides is 1. The molecule has 31 heavy (non-hydrogen) atoms. The number of hydrogen-bond donors (Lipinski definition) is 0. The predicted octanol–water partition coefficient (Wildman–Crippen LogP) is 4.07. The van der Waals surface area contributed by atoms with Gasteiger partial charge in [-0.2, -0.15) is 0 Å². The Kier molecular flexibility index (Phi) is 4.66. The molecular weight excluding hydrogens is 397 g/mol. The number of nitrogens with zero attached hydrogens (tertiary/aromatic N) is 3. The highest BCUT2D eigenvalue weighted by Crippen LogP contribution is 2.38. The van der Waals surface area contributed by atoms with Crippen molar-refractivity contribution in [1.29, 1.82) is 0 Å². The number of rotatable bonds is 5. The lowest BCUT2D eigenvalue weighted by Gasteiger charge is -2.25. The topological polar surface area (TPSA) is 68.3 Å². The van der Waals surface area contributed by atoms with Crippen molar-refractivity contribution in [2.24, 2.45) is 0 Å². The smallest absolute Gasteiger partial charge is 0.290 e. The van der Waals surface area contributed by atoms with E-state index in [9.17, 15) is 14.0 Å². The van der Waals surface area contributed by atoms with Gasteiger partial charge in [0.15, 0.2) is 5.43 Å². The van der Waals surface area contributed by atoms with Crippen molar-refractivity contribution in [2.75, 3.05) is 6.54 Å². The molecule has 0 aliphatic carbocycles. The van der Waals surface area contributed by atoms with Gasteiger partial charge in [0.1, 0.15) is 11.4 Å². The Morgan fingerprint density at radius 2 is 1.90 bits per heavy atom. The van der Waals surface area contributed by atoms with E-state index in [0.717, 1.165) is 5.56 Å². The fourth-order valence-corrected chi connectivity index (χ4v) is 4.20. The van der Waals surface area contributed by atoms with Crippen LogP contribution in [0.1, 0.15) is 39.7 Å². The lowest BCUT2D eigenvalue weighted by Crippen LogP contribution is -2.31. The molecule has 1 aliphatic rings. The van der Waals surface area contributed by atoms with E-state index in [2.05, 4.69) is 4.98 Å². The average Bonchev–Trinajstić information content (AvgIpc) is 3.37. The van der Waals surface area contributed by atoms with Crippen molar-refractivity contribution < 1.29 is 13.6 Å². The summed E-state index contributed by atoms with van der Waals surface area (Å²) in [6.07, 6.45) is 5.95. The van der Waals surface area contributed by atoms with Crippen LogP contribution in [0.3, 0.4) is 0 Å². The van der Waals surface area contributed by atoms with E-state index in [1.807, 2.05) is 23.8 Å². The zero-order valence-corrected chi connectivity index (χ0v) is 16.9. The summed E-state index contributed by atoms with van der Waals surface area (Å²) in [7, 11) is 0. The molecule has 3 heterocycles. The highest BCUT2D eigenvalue weighted by molar-refractivity contribution is 5.99. The van der Waals surface area contributed by atoms with Gasteiger partial charge in [-0.1, -0.05) is 23.8 Å². The van der Waals surface area contributed by atoms with Gasteiger partial charge in [-0.05, 0) is 43.2 Å². The molecule has 1 unspecified atom stereocenters. The van der Waals surface area contributed by atoms with Crippen LogP contribution in [0.5, 0.6) is 0 Å². The van der Waals surface area contributed by atoms with Gasteiger partial charge in [-0.3, -0.25) is 9.59 Å². The van der Waals surface area contributed by atoms with E-state index in [1.54, 1.807) is 41.7 Å². The summed E-state index contributed by atoms with van der Waals surface area (Å²) < 4.78 is 21.4. The number of aromatic nitrogens is 2. The molecule has 6 nitrogen and oxygen atoms in total. The third kappa shape index (κ3) is 3.32. The van der Waals surface area contributed by atoms with E-state index in [1.165, 1.54) is 12.1 Å². The third-order valence-electron chi connectivity index (χ3n) is 5.68. The maximum absolute atomic E-state index is 13.6. The number of benzene rings is 2. The normalized spacial score (nSPS) is 15.6. The molecule has 0 radical (unpaired) electrons. The molecule has 2 aromatic carbocycles. The molecule has 1 amide bonds. The van der Waals surface area contributed by atoms with Crippen LogP contribution in [0.2, 0.25) is 0 Å². The Balaban J connectivity index is 1.60. The van der Waals surface area contributed by atoms with Gasteiger partial charge in [0.05, 0.1) is 23.3 Å². The van der Waals surface area contributed by atoms with Gasteiger partial charge in [-0.15, -0.1) is 0 Å². The average molecular weight is 417 g/mol. The summed E-state index contributed by atoms with van der Waals surface area (Å²) in [6, 6.07) is 10.6. The zero-order chi connectivity index (χ0) is 21.5. The van der Waals surface area contributed by atoms with Crippen LogP contribution in [0.25, 0.3) is 11.0 Å². The van der Waals surface area contributed by atoms with Crippen LogP contribution in [-0.4, -0.2) is 26.9 Å². The fourth-order valence-electron chi connectivity index (χ4n) is 4.20. The summed E-state index contributed by atoms with van der Waals surface area (Å²) in [5, 5.41) is 0.443. The Morgan fingerprint density at radius 1 is 1.10 bits per heavy atom. The Hall–Kier alpha value is -3.74. The van der Waals surface area contributed by atoms with Gasteiger partial charge in [0.25, 0.3) is 5.91 Å². The molecule has 0 saturated heterocycles. The van der Waals surface area contributed by atoms with Gasteiger partial charge in [0.2, 0.25) is 5.76 Å². The minimum absolute atomic E-state index is 0.0679. The first-order valence-electron chi connectivity index (χ1n) is 10.1. The highest BCUT2D eigenvalue weighted by atomic mass is 19.1. The molecule has 4 aromatic rings. The molecule has 1 aliphatic heterocycles. The van der Waals surface area contributed by atoms with Crippen LogP contribution in [0.4, 0.5) is 4.39 Å². The molecule has 0 fully saturated rings. The summed E-state index contributed by atoms with van der Waals surface area (Å²) >= 11 is 0. The highest BCUT2D eigenvalue weighted by Gasteiger charge is 2.42. The van der Waals surface area contributed by atoms with Crippen LogP contribution >= 0.6 is 0 Å². The first-order valence-corrected chi connectivity index (χ1v) is 10.1. The Bertz CT molecular complexity index is 1330. The van der Waals surface area contributed by atoms with Gasteiger partial charge in [0, 0.05) is 25.5 Å². The molecule has 7 heteroatoms. The molecular formula is C24H20FN3O3. The Morgan fingerprint density at radius 3 is 2.65 bits per heavy atom. The van der Waals surface area contributed by atoms with Gasteiger partial charge < -0.3 is 13.9 Å². The molecule has 0 spiro atoms. The van der Waals surface area contributed by atoms with Crippen LogP contribution in [0, 0.1) is 12.7 Å². The van der Waals surface area contributed by atoms with E-state index in [0.29, 0.717) is 41.6 Å². The molecule has 1 atom stereocenters. The monoisotopic (exact) mass is 417 g/mol. The van der Waals surface area contributed by atoms with Crippen molar-refractivity contribution in [3.8, 4) is 0 Å². The molecule has 0 N–H and O–H groups in total. The third-order valence-corrected chi connectivity index (χ3v) is 5.68. The van der Waals surface area contributed by atoms with E-state index in [4.69, 9.17) is 4.42 Å². The van der Waals surface area contributed by atoms with Crippen molar-refractivity contribution in [3.05, 3.63) is 99.7 Å². The number of carbonyl (C=O) groups is 1. The minimum Gasteiger partial charge on any atom is -0.450 e. The molecule has 0 saturated carbocycles. The quantitative estimate of drug-likeness (QED) is 0.491. The zero-order valence-electron chi connectivity index (χ0n) is 16.9. The maximum atomic E-state index is 13.6. The SMILES string of the molecule is Cc1ccc2oc3c(c(=O)c2c1)C(c1ccc(F)cc1)N(CCCn1ccnc1)C3=O. The van der Waals surface area contributed by atoms with E-state index < -0.39 is 6.04 Å². The summed E-state index contributed by atoms with van der Waals surface area (Å²) in [4.78, 5) is 32.4. The maximum Gasteiger partial charge on any atom is 0.290 e. The second kappa shape index (κ2) is 7.50. The first kappa shape index (κ1) is 19.2. The number of imidazole rings is 1. The number of carbonyl (C=O) groups excluding carboxylic acids is 1. The van der Waals surface area contributed by atoms with E-state index in [-0.39, 0.29) is 22.9 Å². The molecule has 5 rings (SSSR count). The van der Waals surface area contributed by atoms with Crippen molar-refractivity contribution in [1.82, 2.24) is 14.5 Å². The fraction of sp³-hybridized carbons (Fsp3) is 0.208. The lowest BCUT2D eigenvalue weighted by molar-refractivity contribution is 0.0723. The van der Waals surface area contributed by atoms with Crippen LogP contribution in [0.15, 0.2) is 70.4 Å². The first-order chi connectivity index (χ1) is 15.0. The van der Waals surface area contributed by atoms with Gasteiger partial charge >= 0.3 is 0 Å². The van der Waals surface area contributed by atoms with Crippen molar-refractivity contribution in [3.63, 3.8) is 0 Å². The van der Waals surface area contributed by atoms with Crippen LogP contribution in [-0.2, 0) is 6.54 Å². The van der Waals surface area contributed by atoms with E-state index >= 15 is 0 Å². The standard InChI is InChI=1S/C24H20FN3O3/c1-15-3-8-19-18(13-15)22(29)20-21(16-4-6-17(25)7-5-16)28(24(30)23(20)31-19)11-2-10-27-12-9-26-14-27/h3-9,12-14,21H,2,10-11H2,1H3.